The predicted molar refractivity (Wildman–Crippen MR) is 79.4 cm³/mol. The van der Waals surface area contributed by atoms with Crippen LogP contribution in [0.4, 0.5) is 0 Å². The molecular formula is C16H20N2O4. The number of amides is 4. The number of rotatable bonds is 3. The van der Waals surface area contributed by atoms with Crippen LogP contribution in [0.3, 0.4) is 0 Å². The molecule has 22 heavy (non-hydrogen) atoms. The SMILES string of the molecule is CC1=C(C)C(=O)N(C(C)C(C)N2C(=O)C(C)=C(C)C2=O)C1=O. The van der Waals surface area contributed by atoms with Gasteiger partial charge in [-0.25, -0.2) is 0 Å². The van der Waals surface area contributed by atoms with Gasteiger partial charge >= 0.3 is 0 Å². The molecule has 2 unspecified atom stereocenters. The molecule has 0 aliphatic carbocycles. The van der Waals surface area contributed by atoms with E-state index in [1.54, 1.807) is 41.5 Å². The number of carbonyl (C=O) groups excluding carboxylic acids is 4. The lowest BCUT2D eigenvalue weighted by molar-refractivity contribution is -0.148. The van der Waals surface area contributed by atoms with Crippen molar-refractivity contribution in [3.8, 4) is 0 Å². The minimum absolute atomic E-state index is 0.359. The second kappa shape index (κ2) is 5.19. The Hall–Kier alpha value is -2.24. The number of hydrogen-bond acceptors (Lipinski definition) is 4. The zero-order valence-electron chi connectivity index (χ0n) is 13.7. The summed E-state index contributed by atoms with van der Waals surface area (Å²) in [5.41, 5.74) is 1.64. The van der Waals surface area contributed by atoms with Gasteiger partial charge in [0.05, 0.1) is 12.1 Å². The first kappa shape index (κ1) is 16.1. The van der Waals surface area contributed by atoms with Crippen LogP contribution in [-0.2, 0) is 19.2 Å². The van der Waals surface area contributed by atoms with E-state index in [-0.39, 0.29) is 23.6 Å². The molecule has 0 aromatic carbocycles. The van der Waals surface area contributed by atoms with Gasteiger partial charge in [0.25, 0.3) is 23.6 Å². The van der Waals surface area contributed by atoms with E-state index < -0.39 is 12.1 Å². The molecule has 0 radical (unpaired) electrons. The van der Waals surface area contributed by atoms with Crippen LogP contribution in [0.1, 0.15) is 41.5 Å². The summed E-state index contributed by atoms with van der Waals surface area (Å²) < 4.78 is 0. The quantitative estimate of drug-likeness (QED) is 0.734. The van der Waals surface area contributed by atoms with Crippen LogP contribution >= 0.6 is 0 Å². The van der Waals surface area contributed by atoms with Crippen molar-refractivity contribution in [3.63, 3.8) is 0 Å². The molecule has 6 heteroatoms. The van der Waals surface area contributed by atoms with Gasteiger partial charge in [-0.1, -0.05) is 0 Å². The van der Waals surface area contributed by atoms with Crippen LogP contribution in [0.5, 0.6) is 0 Å². The molecule has 2 rings (SSSR count). The first-order valence-corrected chi connectivity index (χ1v) is 7.22. The number of imide groups is 2. The Balaban J connectivity index is 2.27. The van der Waals surface area contributed by atoms with E-state index in [9.17, 15) is 19.2 Å². The highest BCUT2D eigenvalue weighted by Crippen LogP contribution is 2.28. The molecule has 6 nitrogen and oxygen atoms in total. The molecule has 2 aliphatic rings. The van der Waals surface area contributed by atoms with Crippen molar-refractivity contribution in [1.82, 2.24) is 9.80 Å². The molecule has 0 aromatic rings. The molecule has 0 aromatic heterocycles. The summed E-state index contributed by atoms with van der Waals surface area (Å²) in [5.74, 6) is -1.44. The van der Waals surface area contributed by atoms with E-state index in [2.05, 4.69) is 0 Å². The van der Waals surface area contributed by atoms with E-state index in [0.29, 0.717) is 22.3 Å². The van der Waals surface area contributed by atoms with E-state index in [1.807, 2.05) is 0 Å². The van der Waals surface area contributed by atoms with E-state index in [1.165, 1.54) is 0 Å². The summed E-state index contributed by atoms with van der Waals surface area (Å²) in [5, 5.41) is 0. The Bertz CT molecular complexity index is 566. The van der Waals surface area contributed by atoms with Crippen molar-refractivity contribution in [2.45, 2.75) is 53.6 Å². The molecule has 2 aliphatic heterocycles. The Kier molecular flexibility index (Phi) is 3.81. The Morgan fingerprint density at radius 2 is 0.727 bits per heavy atom. The largest absolute Gasteiger partial charge is 0.270 e. The molecule has 0 fully saturated rings. The van der Waals surface area contributed by atoms with Crippen LogP contribution in [-0.4, -0.2) is 45.5 Å². The summed E-state index contributed by atoms with van der Waals surface area (Å²) in [6.07, 6.45) is 0. The van der Waals surface area contributed by atoms with Gasteiger partial charge < -0.3 is 0 Å². The highest BCUT2D eigenvalue weighted by Gasteiger charge is 2.44. The third-order valence-electron chi connectivity index (χ3n) is 4.80. The molecule has 0 spiro atoms. The fourth-order valence-electron chi connectivity index (χ4n) is 2.72. The van der Waals surface area contributed by atoms with E-state index in [4.69, 9.17) is 0 Å². The molecule has 0 N–H and O–H groups in total. The van der Waals surface area contributed by atoms with Crippen LogP contribution in [0.25, 0.3) is 0 Å². The second-order valence-corrected chi connectivity index (χ2v) is 5.94. The van der Waals surface area contributed by atoms with Gasteiger partial charge in [0, 0.05) is 22.3 Å². The summed E-state index contributed by atoms with van der Waals surface area (Å²) in [7, 11) is 0. The Labute approximate surface area is 129 Å². The zero-order valence-corrected chi connectivity index (χ0v) is 13.7. The minimum Gasteiger partial charge on any atom is -0.270 e. The number of hydrogen-bond donors (Lipinski definition) is 0. The van der Waals surface area contributed by atoms with Crippen LogP contribution in [0, 0.1) is 0 Å². The predicted octanol–water partition coefficient (Wildman–Crippen LogP) is 1.17. The maximum Gasteiger partial charge on any atom is 0.257 e. The van der Waals surface area contributed by atoms with Crippen molar-refractivity contribution >= 4 is 23.6 Å². The van der Waals surface area contributed by atoms with Crippen molar-refractivity contribution in [3.05, 3.63) is 22.3 Å². The number of carbonyl (C=O) groups is 4. The monoisotopic (exact) mass is 304 g/mol. The van der Waals surface area contributed by atoms with Crippen molar-refractivity contribution in [2.24, 2.45) is 0 Å². The average Bonchev–Trinajstić information content (AvgIpc) is 2.79. The van der Waals surface area contributed by atoms with E-state index in [0.717, 1.165) is 9.80 Å². The van der Waals surface area contributed by atoms with Crippen LogP contribution < -0.4 is 0 Å². The summed E-state index contributed by atoms with van der Waals surface area (Å²) in [4.78, 5) is 51.2. The highest BCUT2D eigenvalue weighted by molar-refractivity contribution is 6.20. The average molecular weight is 304 g/mol. The second-order valence-electron chi connectivity index (χ2n) is 5.94. The lowest BCUT2D eigenvalue weighted by Gasteiger charge is -2.33. The maximum atomic E-state index is 12.2. The third-order valence-corrected chi connectivity index (χ3v) is 4.80. The lowest BCUT2D eigenvalue weighted by Crippen LogP contribution is -2.53. The molecule has 0 saturated carbocycles. The number of nitrogens with zero attached hydrogens (tertiary/aromatic N) is 2. The van der Waals surface area contributed by atoms with Gasteiger partial charge in [-0.3, -0.25) is 29.0 Å². The van der Waals surface area contributed by atoms with Crippen LogP contribution in [0.15, 0.2) is 22.3 Å². The molecular weight excluding hydrogens is 284 g/mol. The first-order chi connectivity index (χ1) is 10.1. The van der Waals surface area contributed by atoms with E-state index >= 15 is 0 Å². The fraction of sp³-hybridized carbons (Fsp3) is 0.500. The topological polar surface area (TPSA) is 74.8 Å². The summed E-state index contributed by atoms with van der Waals surface area (Å²) >= 11 is 0. The molecule has 2 heterocycles. The van der Waals surface area contributed by atoms with Crippen molar-refractivity contribution < 1.29 is 19.2 Å². The van der Waals surface area contributed by atoms with Gasteiger partial charge in [-0.15, -0.1) is 0 Å². The Morgan fingerprint density at radius 1 is 0.545 bits per heavy atom. The molecule has 0 saturated heterocycles. The Morgan fingerprint density at radius 3 is 0.909 bits per heavy atom. The zero-order chi connectivity index (χ0) is 16.9. The molecule has 4 amide bonds. The van der Waals surface area contributed by atoms with Gasteiger partial charge in [-0.2, -0.15) is 0 Å². The van der Waals surface area contributed by atoms with Gasteiger partial charge in [0.1, 0.15) is 0 Å². The first-order valence-electron chi connectivity index (χ1n) is 7.22. The minimum atomic E-state index is -0.584. The summed E-state index contributed by atoms with van der Waals surface area (Å²) in [6.45, 7) is 9.78. The van der Waals surface area contributed by atoms with Crippen LogP contribution in [0.2, 0.25) is 0 Å². The van der Waals surface area contributed by atoms with Gasteiger partial charge in [0.2, 0.25) is 0 Å². The molecule has 0 bridgehead atoms. The van der Waals surface area contributed by atoms with Gasteiger partial charge in [0.15, 0.2) is 0 Å². The van der Waals surface area contributed by atoms with Crippen molar-refractivity contribution in [1.29, 1.82) is 0 Å². The van der Waals surface area contributed by atoms with Crippen molar-refractivity contribution in [2.75, 3.05) is 0 Å². The summed E-state index contributed by atoms with van der Waals surface area (Å²) in [6, 6.07) is -1.17. The van der Waals surface area contributed by atoms with Gasteiger partial charge in [-0.05, 0) is 41.5 Å². The highest BCUT2D eigenvalue weighted by atomic mass is 16.2. The third kappa shape index (κ3) is 2.01. The lowest BCUT2D eigenvalue weighted by atomic mass is 10.1. The molecule has 2 atom stereocenters. The smallest absolute Gasteiger partial charge is 0.257 e. The molecule has 118 valence electrons. The maximum absolute atomic E-state index is 12.2. The fourth-order valence-corrected chi connectivity index (χ4v) is 2.72. The normalized spacial score (nSPS) is 22.5. The standard InChI is InChI=1S/C16H20N2O4/c1-7-8(2)14(20)17(13(7)19)11(5)12(6)18-15(21)9(3)10(4)16(18)22/h11-12H,1-6H3.